The van der Waals surface area contributed by atoms with E-state index in [0.29, 0.717) is 12.3 Å². The minimum absolute atomic E-state index is 0.169. The average molecular weight is 275 g/mol. The first-order valence-corrected chi connectivity index (χ1v) is 6.51. The second-order valence-electron chi connectivity index (χ2n) is 4.02. The van der Waals surface area contributed by atoms with Crippen molar-refractivity contribution in [3.05, 3.63) is 35.4 Å². The van der Waals surface area contributed by atoms with Crippen molar-refractivity contribution in [2.45, 2.75) is 18.5 Å². The highest BCUT2D eigenvalue weighted by atomic mass is 32.2. The Hall–Kier alpha value is -1.17. The van der Waals surface area contributed by atoms with E-state index in [9.17, 15) is 18.0 Å². The Morgan fingerprint density at radius 1 is 1.39 bits per heavy atom. The van der Waals surface area contributed by atoms with Gasteiger partial charge in [0, 0.05) is 19.2 Å². The lowest BCUT2D eigenvalue weighted by molar-refractivity contribution is -0.139. The number of carbonyl (C=O) groups is 1. The van der Waals surface area contributed by atoms with Crippen molar-refractivity contribution in [2.75, 3.05) is 12.3 Å². The standard InChI is InChI=1S/C12H12F3NOS/c1-8(17)16-6-7-18-11(16)9-4-2-3-5-10(9)12(13,14)15/h2-5,11H,6-7H2,1H3/t11-/m1/s1. The summed E-state index contributed by atoms with van der Waals surface area (Å²) in [6, 6.07) is 5.44. The zero-order chi connectivity index (χ0) is 13.3. The molecular formula is C12H12F3NOS. The second kappa shape index (κ2) is 4.84. The second-order valence-corrected chi connectivity index (χ2v) is 5.21. The van der Waals surface area contributed by atoms with Crippen molar-refractivity contribution in [1.82, 2.24) is 4.90 Å². The summed E-state index contributed by atoms with van der Waals surface area (Å²) in [4.78, 5) is 12.9. The largest absolute Gasteiger partial charge is 0.416 e. The molecule has 98 valence electrons. The van der Waals surface area contributed by atoms with E-state index in [1.54, 1.807) is 6.07 Å². The van der Waals surface area contributed by atoms with E-state index in [-0.39, 0.29) is 11.5 Å². The minimum atomic E-state index is -4.39. The molecule has 1 fully saturated rings. The summed E-state index contributed by atoms with van der Waals surface area (Å²) in [5, 5.41) is -0.527. The lowest BCUT2D eigenvalue weighted by Gasteiger charge is -2.25. The lowest BCUT2D eigenvalue weighted by Crippen LogP contribution is -2.29. The normalized spacial score (nSPS) is 20.2. The molecule has 1 aromatic carbocycles. The number of carbonyl (C=O) groups excluding carboxylic acids is 1. The molecule has 1 atom stereocenters. The Morgan fingerprint density at radius 3 is 2.67 bits per heavy atom. The maximum Gasteiger partial charge on any atom is 0.416 e. The van der Waals surface area contributed by atoms with Crippen molar-refractivity contribution in [3.63, 3.8) is 0 Å². The van der Waals surface area contributed by atoms with E-state index in [0.717, 1.165) is 6.07 Å². The number of halogens is 3. The van der Waals surface area contributed by atoms with Gasteiger partial charge < -0.3 is 4.90 Å². The van der Waals surface area contributed by atoms with E-state index in [1.165, 1.54) is 35.7 Å². The number of amides is 1. The third-order valence-electron chi connectivity index (χ3n) is 2.83. The van der Waals surface area contributed by atoms with Gasteiger partial charge in [-0.15, -0.1) is 11.8 Å². The van der Waals surface area contributed by atoms with Crippen molar-refractivity contribution in [2.24, 2.45) is 0 Å². The maximum atomic E-state index is 12.9. The van der Waals surface area contributed by atoms with E-state index >= 15 is 0 Å². The fourth-order valence-corrected chi connectivity index (χ4v) is 3.36. The third kappa shape index (κ3) is 2.48. The number of alkyl halides is 3. The number of benzene rings is 1. The van der Waals surface area contributed by atoms with Crippen molar-refractivity contribution >= 4 is 17.7 Å². The molecule has 1 aromatic rings. The molecule has 0 saturated carbocycles. The minimum Gasteiger partial charge on any atom is -0.326 e. The molecule has 0 radical (unpaired) electrons. The van der Waals surface area contributed by atoms with Crippen molar-refractivity contribution < 1.29 is 18.0 Å². The molecule has 0 spiro atoms. The summed E-state index contributed by atoms with van der Waals surface area (Å²) in [5.41, 5.74) is -0.488. The summed E-state index contributed by atoms with van der Waals surface area (Å²) >= 11 is 1.37. The molecule has 0 aliphatic carbocycles. The van der Waals surface area contributed by atoms with Gasteiger partial charge in [-0.25, -0.2) is 0 Å². The lowest BCUT2D eigenvalue weighted by atomic mass is 10.1. The van der Waals surface area contributed by atoms with Gasteiger partial charge in [-0.05, 0) is 11.6 Å². The van der Waals surface area contributed by atoms with E-state index < -0.39 is 17.1 Å². The molecule has 1 amide bonds. The fraction of sp³-hybridized carbons (Fsp3) is 0.417. The van der Waals surface area contributed by atoms with Crippen LogP contribution in [0.2, 0.25) is 0 Å². The van der Waals surface area contributed by atoms with Gasteiger partial charge in [0.05, 0.1) is 5.56 Å². The summed E-state index contributed by atoms with van der Waals surface area (Å²) in [6.07, 6.45) is -4.39. The van der Waals surface area contributed by atoms with Gasteiger partial charge in [-0.2, -0.15) is 13.2 Å². The SMILES string of the molecule is CC(=O)N1CCS[C@@H]1c1ccccc1C(F)(F)F. The van der Waals surface area contributed by atoms with Crippen LogP contribution in [-0.2, 0) is 11.0 Å². The van der Waals surface area contributed by atoms with Gasteiger partial charge in [-0.3, -0.25) is 4.79 Å². The smallest absolute Gasteiger partial charge is 0.326 e. The molecule has 0 unspecified atom stereocenters. The Bertz CT molecular complexity index is 461. The zero-order valence-electron chi connectivity index (χ0n) is 9.70. The summed E-state index contributed by atoms with van der Waals surface area (Å²) in [5.74, 6) is 0.471. The quantitative estimate of drug-likeness (QED) is 0.783. The monoisotopic (exact) mass is 275 g/mol. The molecule has 6 heteroatoms. The average Bonchev–Trinajstić information content (AvgIpc) is 2.76. The van der Waals surface area contributed by atoms with Crippen LogP contribution in [0, 0.1) is 0 Å². The van der Waals surface area contributed by atoms with Crippen LogP contribution in [-0.4, -0.2) is 23.1 Å². The highest BCUT2D eigenvalue weighted by molar-refractivity contribution is 7.99. The molecule has 18 heavy (non-hydrogen) atoms. The Labute approximate surface area is 107 Å². The van der Waals surface area contributed by atoms with Crippen molar-refractivity contribution in [1.29, 1.82) is 0 Å². The van der Waals surface area contributed by atoms with Crippen LogP contribution in [0.3, 0.4) is 0 Å². The highest BCUT2D eigenvalue weighted by Crippen LogP contribution is 2.43. The van der Waals surface area contributed by atoms with E-state index in [1.807, 2.05) is 0 Å². The molecule has 1 saturated heterocycles. The number of hydrogen-bond donors (Lipinski definition) is 0. The van der Waals surface area contributed by atoms with Gasteiger partial charge in [0.2, 0.25) is 5.91 Å². The summed E-state index contributed by atoms with van der Waals surface area (Å²) in [7, 11) is 0. The Balaban J connectivity index is 2.42. The predicted octanol–water partition coefficient (Wildman–Crippen LogP) is 3.30. The molecule has 1 aliphatic heterocycles. The molecule has 0 bridgehead atoms. The molecular weight excluding hydrogens is 263 g/mol. The molecule has 0 aromatic heterocycles. The van der Waals surface area contributed by atoms with Crippen LogP contribution in [0.25, 0.3) is 0 Å². The fourth-order valence-electron chi connectivity index (χ4n) is 2.02. The van der Waals surface area contributed by atoms with Crippen LogP contribution in [0.15, 0.2) is 24.3 Å². The van der Waals surface area contributed by atoms with Crippen LogP contribution < -0.4 is 0 Å². The van der Waals surface area contributed by atoms with Crippen LogP contribution in [0.4, 0.5) is 13.2 Å². The van der Waals surface area contributed by atoms with E-state index in [4.69, 9.17) is 0 Å². The molecule has 0 N–H and O–H groups in total. The maximum absolute atomic E-state index is 12.9. The number of hydrogen-bond acceptors (Lipinski definition) is 2. The molecule has 2 rings (SSSR count). The highest BCUT2D eigenvalue weighted by Gasteiger charge is 2.38. The molecule has 2 nitrogen and oxygen atoms in total. The van der Waals surface area contributed by atoms with Crippen LogP contribution in [0.5, 0.6) is 0 Å². The van der Waals surface area contributed by atoms with Crippen molar-refractivity contribution in [3.8, 4) is 0 Å². The first kappa shape index (κ1) is 13.3. The first-order valence-electron chi connectivity index (χ1n) is 5.46. The predicted molar refractivity (Wildman–Crippen MR) is 64.0 cm³/mol. The zero-order valence-corrected chi connectivity index (χ0v) is 10.5. The van der Waals surface area contributed by atoms with Gasteiger partial charge in [0.25, 0.3) is 0 Å². The van der Waals surface area contributed by atoms with Gasteiger partial charge in [-0.1, -0.05) is 18.2 Å². The van der Waals surface area contributed by atoms with Gasteiger partial charge in [0.1, 0.15) is 5.37 Å². The first-order chi connectivity index (χ1) is 8.41. The van der Waals surface area contributed by atoms with Crippen LogP contribution in [0.1, 0.15) is 23.4 Å². The van der Waals surface area contributed by atoms with E-state index in [2.05, 4.69) is 0 Å². The van der Waals surface area contributed by atoms with Gasteiger partial charge >= 0.3 is 6.18 Å². The summed E-state index contributed by atoms with van der Waals surface area (Å²) in [6.45, 7) is 1.88. The Kier molecular flexibility index (Phi) is 3.56. The number of rotatable bonds is 1. The summed E-state index contributed by atoms with van der Waals surface area (Å²) < 4.78 is 38.8. The molecule has 1 heterocycles. The number of thioether (sulfide) groups is 1. The van der Waals surface area contributed by atoms with Crippen LogP contribution >= 0.6 is 11.8 Å². The number of nitrogens with zero attached hydrogens (tertiary/aromatic N) is 1. The molecule has 1 aliphatic rings. The van der Waals surface area contributed by atoms with Gasteiger partial charge in [0.15, 0.2) is 0 Å². The topological polar surface area (TPSA) is 20.3 Å². The third-order valence-corrected chi connectivity index (χ3v) is 4.07. The Morgan fingerprint density at radius 2 is 2.06 bits per heavy atom.